The molecule has 2 rings (SSSR count). The van der Waals surface area contributed by atoms with Gasteiger partial charge in [0.1, 0.15) is 0 Å². The maximum absolute atomic E-state index is 11.0. The summed E-state index contributed by atoms with van der Waals surface area (Å²) in [6, 6.07) is 0.356. The molecule has 2 fully saturated rings. The molecule has 56 valence electrons. The predicted octanol–water partition coefficient (Wildman–Crippen LogP) is -0.590. The first-order chi connectivity index (χ1) is 4.88. The number of carbonyl (C=O) groups excluding carboxylic acids is 1. The molecule has 1 unspecified atom stereocenters. The standard InChI is InChI=1S/C6H10N2O2/c9-6-7-3-5-4-10-2-1-8(5)6/h5H,1-4H2,(H,7,9). The lowest BCUT2D eigenvalue weighted by atomic mass is 10.3. The van der Waals surface area contributed by atoms with Crippen LogP contribution in [0.4, 0.5) is 4.79 Å². The number of fused-ring (bicyclic) bond motifs is 1. The molecular weight excluding hydrogens is 132 g/mol. The second kappa shape index (κ2) is 2.12. The Bertz CT molecular complexity index is 160. The van der Waals surface area contributed by atoms with E-state index in [9.17, 15) is 4.79 Å². The molecule has 0 saturated carbocycles. The molecule has 1 N–H and O–H groups in total. The van der Waals surface area contributed by atoms with Crippen LogP contribution in [0.15, 0.2) is 0 Å². The van der Waals surface area contributed by atoms with Crippen molar-refractivity contribution in [3.63, 3.8) is 0 Å². The van der Waals surface area contributed by atoms with Crippen LogP contribution in [0.2, 0.25) is 0 Å². The van der Waals surface area contributed by atoms with Gasteiger partial charge in [0, 0.05) is 13.1 Å². The second-order valence-corrected chi connectivity index (χ2v) is 2.61. The zero-order valence-corrected chi connectivity index (χ0v) is 5.67. The van der Waals surface area contributed by atoms with Gasteiger partial charge in [0.05, 0.1) is 19.3 Å². The van der Waals surface area contributed by atoms with Gasteiger partial charge < -0.3 is 15.0 Å². The van der Waals surface area contributed by atoms with Crippen molar-refractivity contribution in [1.82, 2.24) is 10.2 Å². The summed E-state index contributed by atoms with van der Waals surface area (Å²) >= 11 is 0. The first-order valence-electron chi connectivity index (χ1n) is 3.50. The minimum absolute atomic E-state index is 0.0632. The number of hydrogen-bond acceptors (Lipinski definition) is 2. The summed E-state index contributed by atoms with van der Waals surface area (Å²) in [5.41, 5.74) is 0. The van der Waals surface area contributed by atoms with Crippen molar-refractivity contribution in [2.75, 3.05) is 26.3 Å². The molecule has 4 nitrogen and oxygen atoms in total. The summed E-state index contributed by atoms with van der Waals surface area (Å²) in [5.74, 6) is 0. The normalized spacial score (nSPS) is 31.8. The third-order valence-corrected chi connectivity index (χ3v) is 1.98. The average Bonchev–Trinajstić information content (AvgIpc) is 2.34. The lowest BCUT2D eigenvalue weighted by Crippen LogP contribution is -2.43. The Balaban J connectivity index is 2.08. The Labute approximate surface area is 59.1 Å². The van der Waals surface area contributed by atoms with Gasteiger partial charge in [-0.05, 0) is 0 Å². The summed E-state index contributed by atoms with van der Waals surface area (Å²) in [4.78, 5) is 12.8. The van der Waals surface area contributed by atoms with E-state index in [4.69, 9.17) is 4.74 Å². The largest absolute Gasteiger partial charge is 0.377 e. The van der Waals surface area contributed by atoms with Gasteiger partial charge in [-0.2, -0.15) is 0 Å². The molecule has 0 bridgehead atoms. The summed E-state index contributed by atoms with van der Waals surface area (Å²) in [6.07, 6.45) is 0. The highest BCUT2D eigenvalue weighted by Gasteiger charge is 2.32. The van der Waals surface area contributed by atoms with E-state index in [1.807, 2.05) is 4.90 Å². The Morgan fingerprint density at radius 1 is 1.70 bits per heavy atom. The zero-order valence-electron chi connectivity index (χ0n) is 5.67. The maximum Gasteiger partial charge on any atom is 0.317 e. The highest BCUT2D eigenvalue weighted by atomic mass is 16.5. The van der Waals surface area contributed by atoms with E-state index < -0.39 is 0 Å². The Hall–Kier alpha value is -0.770. The molecule has 2 amide bonds. The van der Waals surface area contributed by atoms with Gasteiger partial charge in [-0.25, -0.2) is 4.79 Å². The molecule has 0 aromatic heterocycles. The third kappa shape index (κ3) is 0.759. The van der Waals surface area contributed by atoms with Gasteiger partial charge in [0.2, 0.25) is 0 Å². The SMILES string of the molecule is O=C1NCC2COCCN12. The lowest BCUT2D eigenvalue weighted by molar-refractivity contribution is 0.0300. The number of hydrogen-bond donors (Lipinski definition) is 1. The van der Waals surface area contributed by atoms with Crippen LogP contribution in [0.5, 0.6) is 0 Å². The van der Waals surface area contributed by atoms with Crippen molar-refractivity contribution in [2.45, 2.75) is 6.04 Å². The summed E-state index contributed by atoms with van der Waals surface area (Å²) in [7, 11) is 0. The predicted molar refractivity (Wildman–Crippen MR) is 34.7 cm³/mol. The van der Waals surface area contributed by atoms with Crippen LogP contribution in [0.25, 0.3) is 0 Å². The summed E-state index contributed by atoms with van der Waals surface area (Å²) in [5, 5.41) is 2.77. The van der Waals surface area contributed by atoms with E-state index in [2.05, 4.69) is 5.32 Å². The van der Waals surface area contributed by atoms with Gasteiger partial charge in [-0.15, -0.1) is 0 Å². The van der Waals surface area contributed by atoms with Crippen molar-refractivity contribution in [3.8, 4) is 0 Å². The van der Waals surface area contributed by atoms with E-state index in [1.165, 1.54) is 0 Å². The molecule has 0 spiro atoms. The summed E-state index contributed by atoms with van der Waals surface area (Å²) in [6.45, 7) is 2.87. The number of rotatable bonds is 0. The van der Waals surface area contributed by atoms with Crippen molar-refractivity contribution in [2.24, 2.45) is 0 Å². The average molecular weight is 142 g/mol. The molecule has 2 aliphatic rings. The maximum atomic E-state index is 11.0. The summed E-state index contributed by atoms with van der Waals surface area (Å²) < 4.78 is 5.20. The molecule has 4 heteroatoms. The fourth-order valence-corrected chi connectivity index (χ4v) is 1.40. The van der Waals surface area contributed by atoms with E-state index in [0.717, 1.165) is 13.1 Å². The van der Waals surface area contributed by atoms with Gasteiger partial charge in [-0.3, -0.25) is 0 Å². The van der Waals surface area contributed by atoms with Crippen molar-refractivity contribution < 1.29 is 9.53 Å². The Morgan fingerprint density at radius 3 is 3.40 bits per heavy atom. The van der Waals surface area contributed by atoms with Gasteiger partial charge in [-0.1, -0.05) is 0 Å². The quantitative estimate of drug-likeness (QED) is 0.491. The molecule has 1 atom stereocenters. The molecule has 0 radical (unpaired) electrons. The number of morpholine rings is 1. The molecule has 0 aliphatic carbocycles. The van der Waals surface area contributed by atoms with Crippen molar-refractivity contribution >= 4 is 6.03 Å². The van der Waals surface area contributed by atoms with Crippen LogP contribution in [0, 0.1) is 0 Å². The monoisotopic (exact) mass is 142 g/mol. The number of ether oxygens (including phenoxy) is 1. The Morgan fingerprint density at radius 2 is 2.60 bits per heavy atom. The minimum Gasteiger partial charge on any atom is -0.377 e. The topological polar surface area (TPSA) is 41.6 Å². The lowest BCUT2D eigenvalue weighted by Gasteiger charge is -2.27. The minimum atomic E-state index is 0.0632. The molecule has 10 heavy (non-hydrogen) atoms. The smallest absolute Gasteiger partial charge is 0.317 e. The van der Waals surface area contributed by atoms with Crippen molar-refractivity contribution in [1.29, 1.82) is 0 Å². The van der Waals surface area contributed by atoms with E-state index in [0.29, 0.717) is 19.3 Å². The van der Waals surface area contributed by atoms with Crippen molar-refractivity contribution in [3.05, 3.63) is 0 Å². The fraction of sp³-hybridized carbons (Fsp3) is 0.833. The van der Waals surface area contributed by atoms with Crippen LogP contribution in [-0.4, -0.2) is 43.3 Å². The van der Waals surface area contributed by atoms with E-state index in [-0.39, 0.29) is 6.03 Å². The zero-order chi connectivity index (χ0) is 6.97. The third-order valence-electron chi connectivity index (χ3n) is 1.98. The fourth-order valence-electron chi connectivity index (χ4n) is 1.40. The number of carbonyl (C=O) groups is 1. The highest BCUT2D eigenvalue weighted by Crippen LogP contribution is 2.10. The van der Waals surface area contributed by atoms with Crippen LogP contribution in [0.3, 0.4) is 0 Å². The van der Waals surface area contributed by atoms with E-state index >= 15 is 0 Å². The van der Waals surface area contributed by atoms with Crippen LogP contribution in [0.1, 0.15) is 0 Å². The Kier molecular flexibility index (Phi) is 1.27. The molecular formula is C6H10N2O2. The van der Waals surface area contributed by atoms with Gasteiger partial charge in [0.25, 0.3) is 0 Å². The first kappa shape index (κ1) is 5.97. The van der Waals surface area contributed by atoms with E-state index in [1.54, 1.807) is 0 Å². The highest BCUT2D eigenvalue weighted by molar-refractivity contribution is 5.77. The molecule has 2 aliphatic heterocycles. The number of urea groups is 1. The first-order valence-corrected chi connectivity index (χ1v) is 3.50. The molecule has 2 heterocycles. The van der Waals surface area contributed by atoms with Crippen LogP contribution < -0.4 is 5.32 Å². The number of amides is 2. The van der Waals surface area contributed by atoms with Crippen LogP contribution >= 0.6 is 0 Å². The van der Waals surface area contributed by atoms with Crippen LogP contribution in [-0.2, 0) is 4.74 Å². The molecule has 2 saturated heterocycles. The van der Waals surface area contributed by atoms with Gasteiger partial charge in [0.15, 0.2) is 0 Å². The molecule has 0 aromatic carbocycles. The number of nitrogens with one attached hydrogen (secondary N) is 1. The molecule has 0 aromatic rings. The second-order valence-electron chi connectivity index (χ2n) is 2.61. The van der Waals surface area contributed by atoms with Gasteiger partial charge >= 0.3 is 6.03 Å². The number of nitrogens with zero attached hydrogens (tertiary/aromatic N) is 1.